The molecule has 2 heterocycles. The van der Waals surface area contributed by atoms with E-state index in [4.69, 9.17) is 0 Å². The summed E-state index contributed by atoms with van der Waals surface area (Å²) in [6.07, 6.45) is 3.68. The van der Waals surface area contributed by atoms with E-state index in [1.54, 1.807) is 12.1 Å². The molecule has 1 unspecified atom stereocenters. The quantitative estimate of drug-likeness (QED) is 0.421. The minimum absolute atomic E-state index is 0.0306. The van der Waals surface area contributed by atoms with Gasteiger partial charge in [0, 0.05) is 40.7 Å². The number of para-hydroxylation sites is 1. The SMILES string of the molecule is CC(C1=NNC(=O)/C1=C\c1c[nH]c2ccccc12)c1ccc([N+](=O)[O-])cc1. The van der Waals surface area contributed by atoms with Crippen molar-refractivity contribution in [2.75, 3.05) is 0 Å². The molecule has 134 valence electrons. The van der Waals surface area contributed by atoms with Crippen molar-refractivity contribution >= 4 is 34.3 Å². The zero-order valence-corrected chi connectivity index (χ0v) is 14.5. The van der Waals surface area contributed by atoms with Crippen LogP contribution in [0.2, 0.25) is 0 Å². The minimum atomic E-state index is -0.436. The molecule has 0 spiro atoms. The average molecular weight is 360 g/mol. The lowest BCUT2D eigenvalue weighted by molar-refractivity contribution is -0.384. The van der Waals surface area contributed by atoms with E-state index in [-0.39, 0.29) is 17.5 Å². The number of aromatic amines is 1. The van der Waals surface area contributed by atoms with Crippen LogP contribution in [0, 0.1) is 10.1 Å². The number of nitrogens with one attached hydrogen (secondary N) is 2. The Morgan fingerprint density at radius 1 is 1.15 bits per heavy atom. The number of hydrogen-bond acceptors (Lipinski definition) is 4. The molecular formula is C20H16N4O3. The van der Waals surface area contributed by atoms with Crippen molar-refractivity contribution < 1.29 is 9.72 Å². The second-order valence-electron chi connectivity index (χ2n) is 6.36. The van der Waals surface area contributed by atoms with Crippen LogP contribution in [0.15, 0.2) is 65.4 Å². The summed E-state index contributed by atoms with van der Waals surface area (Å²) >= 11 is 0. The maximum Gasteiger partial charge on any atom is 0.273 e. The van der Waals surface area contributed by atoms with Crippen LogP contribution in [0.5, 0.6) is 0 Å². The molecule has 1 atom stereocenters. The lowest BCUT2D eigenvalue weighted by atomic mass is 9.90. The third kappa shape index (κ3) is 2.99. The zero-order chi connectivity index (χ0) is 19.0. The summed E-state index contributed by atoms with van der Waals surface area (Å²) in [7, 11) is 0. The van der Waals surface area contributed by atoms with Crippen molar-refractivity contribution in [1.29, 1.82) is 0 Å². The van der Waals surface area contributed by atoms with Gasteiger partial charge in [0.2, 0.25) is 0 Å². The number of carbonyl (C=O) groups excluding carboxylic acids is 1. The number of nitro groups is 1. The minimum Gasteiger partial charge on any atom is -0.361 e. The van der Waals surface area contributed by atoms with Gasteiger partial charge in [-0.3, -0.25) is 14.9 Å². The standard InChI is InChI=1S/C20H16N4O3/c1-12(13-6-8-15(9-7-13)24(26)27)19-17(20(25)23-22-19)10-14-11-21-18-5-3-2-4-16(14)18/h2-12,21H,1H3,(H,23,25)/b17-10-. The van der Waals surface area contributed by atoms with E-state index in [9.17, 15) is 14.9 Å². The maximum atomic E-state index is 12.3. The number of hydrogen-bond donors (Lipinski definition) is 2. The first-order valence-electron chi connectivity index (χ1n) is 8.45. The number of hydrazone groups is 1. The van der Waals surface area contributed by atoms with Crippen LogP contribution in [0.3, 0.4) is 0 Å². The highest BCUT2D eigenvalue weighted by molar-refractivity contribution is 6.29. The lowest BCUT2D eigenvalue weighted by Gasteiger charge is -2.12. The Morgan fingerprint density at radius 3 is 2.63 bits per heavy atom. The van der Waals surface area contributed by atoms with E-state index in [0.717, 1.165) is 22.0 Å². The Labute approximate surface area is 154 Å². The molecule has 1 aliphatic heterocycles. The first-order chi connectivity index (χ1) is 13.0. The van der Waals surface area contributed by atoms with Crippen molar-refractivity contribution in [3.05, 3.63) is 81.5 Å². The molecule has 7 heteroatoms. The smallest absolute Gasteiger partial charge is 0.273 e. The summed E-state index contributed by atoms with van der Waals surface area (Å²) < 4.78 is 0. The van der Waals surface area contributed by atoms with E-state index >= 15 is 0 Å². The summed E-state index contributed by atoms with van der Waals surface area (Å²) in [6.45, 7) is 1.92. The Bertz CT molecular complexity index is 1110. The maximum absolute atomic E-state index is 12.3. The van der Waals surface area contributed by atoms with E-state index in [1.165, 1.54) is 12.1 Å². The fourth-order valence-electron chi connectivity index (χ4n) is 3.23. The van der Waals surface area contributed by atoms with Crippen LogP contribution < -0.4 is 5.43 Å². The van der Waals surface area contributed by atoms with Crippen molar-refractivity contribution in [1.82, 2.24) is 10.4 Å². The second kappa shape index (κ2) is 6.53. The van der Waals surface area contributed by atoms with Gasteiger partial charge in [-0.05, 0) is 17.7 Å². The normalized spacial score (nSPS) is 16.4. The van der Waals surface area contributed by atoms with Gasteiger partial charge in [-0.2, -0.15) is 5.10 Å². The van der Waals surface area contributed by atoms with Crippen molar-refractivity contribution in [2.24, 2.45) is 5.10 Å². The van der Waals surface area contributed by atoms with Crippen LogP contribution in [-0.4, -0.2) is 21.5 Å². The molecule has 2 aromatic carbocycles. The van der Waals surface area contributed by atoms with Gasteiger partial charge in [-0.15, -0.1) is 0 Å². The van der Waals surface area contributed by atoms with E-state index in [0.29, 0.717) is 11.3 Å². The molecule has 0 saturated carbocycles. The van der Waals surface area contributed by atoms with Gasteiger partial charge in [0.15, 0.2) is 0 Å². The van der Waals surface area contributed by atoms with Gasteiger partial charge in [0.1, 0.15) is 0 Å². The molecule has 0 bridgehead atoms. The van der Waals surface area contributed by atoms with Gasteiger partial charge in [-0.25, -0.2) is 5.43 Å². The Balaban J connectivity index is 1.69. The first-order valence-corrected chi connectivity index (χ1v) is 8.45. The van der Waals surface area contributed by atoms with Gasteiger partial charge in [0.05, 0.1) is 16.2 Å². The van der Waals surface area contributed by atoms with E-state index in [1.807, 2.05) is 43.5 Å². The predicted molar refractivity (Wildman–Crippen MR) is 103 cm³/mol. The lowest BCUT2D eigenvalue weighted by Crippen LogP contribution is -2.15. The summed E-state index contributed by atoms with van der Waals surface area (Å²) in [5.41, 5.74) is 6.40. The van der Waals surface area contributed by atoms with E-state index < -0.39 is 4.92 Å². The fraction of sp³-hybridized carbons (Fsp3) is 0.100. The van der Waals surface area contributed by atoms with Crippen molar-refractivity contribution in [2.45, 2.75) is 12.8 Å². The van der Waals surface area contributed by atoms with Gasteiger partial charge < -0.3 is 4.98 Å². The Morgan fingerprint density at radius 2 is 1.89 bits per heavy atom. The Hall–Kier alpha value is -3.74. The molecule has 3 aromatic rings. The number of nitrogens with zero attached hydrogens (tertiary/aromatic N) is 2. The third-order valence-electron chi connectivity index (χ3n) is 4.73. The number of benzene rings is 2. The fourth-order valence-corrected chi connectivity index (χ4v) is 3.23. The van der Waals surface area contributed by atoms with Gasteiger partial charge in [0.25, 0.3) is 11.6 Å². The largest absolute Gasteiger partial charge is 0.361 e. The van der Waals surface area contributed by atoms with Crippen LogP contribution in [0.25, 0.3) is 17.0 Å². The Kier molecular flexibility index (Phi) is 4.04. The summed E-state index contributed by atoms with van der Waals surface area (Å²) in [5.74, 6) is -0.453. The molecule has 1 aliphatic rings. The average Bonchev–Trinajstić information content (AvgIpc) is 3.26. The summed E-state index contributed by atoms with van der Waals surface area (Å²) in [6, 6.07) is 14.2. The summed E-state index contributed by atoms with van der Waals surface area (Å²) in [5, 5.41) is 16.1. The molecule has 7 nitrogen and oxygen atoms in total. The molecular weight excluding hydrogens is 344 g/mol. The molecule has 1 aromatic heterocycles. The molecule has 0 aliphatic carbocycles. The van der Waals surface area contributed by atoms with Gasteiger partial charge >= 0.3 is 0 Å². The number of nitro benzene ring substituents is 1. The van der Waals surface area contributed by atoms with Gasteiger partial charge in [-0.1, -0.05) is 37.3 Å². The number of rotatable bonds is 4. The third-order valence-corrected chi connectivity index (χ3v) is 4.73. The van der Waals surface area contributed by atoms with Crippen LogP contribution in [0.1, 0.15) is 24.0 Å². The highest BCUT2D eigenvalue weighted by Gasteiger charge is 2.28. The zero-order valence-electron chi connectivity index (χ0n) is 14.5. The molecule has 0 saturated heterocycles. The number of amides is 1. The van der Waals surface area contributed by atoms with Crippen LogP contribution in [-0.2, 0) is 4.79 Å². The molecule has 2 N–H and O–H groups in total. The molecule has 0 fully saturated rings. The summed E-state index contributed by atoms with van der Waals surface area (Å²) in [4.78, 5) is 25.9. The molecule has 27 heavy (non-hydrogen) atoms. The molecule has 1 amide bonds. The molecule has 4 rings (SSSR count). The molecule has 0 radical (unpaired) electrons. The number of carbonyl (C=O) groups is 1. The number of aromatic nitrogens is 1. The highest BCUT2D eigenvalue weighted by Crippen LogP contribution is 2.28. The number of H-pyrrole nitrogens is 1. The second-order valence-corrected chi connectivity index (χ2v) is 6.36. The number of non-ortho nitro benzene ring substituents is 1. The highest BCUT2D eigenvalue weighted by atomic mass is 16.6. The number of fused-ring (bicyclic) bond motifs is 1. The van der Waals surface area contributed by atoms with Crippen LogP contribution >= 0.6 is 0 Å². The first kappa shape index (κ1) is 16.7. The van der Waals surface area contributed by atoms with Crippen LogP contribution in [0.4, 0.5) is 5.69 Å². The van der Waals surface area contributed by atoms with Crippen molar-refractivity contribution in [3.8, 4) is 0 Å². The van der Waals surface area contributed by atoms with Crippen molar-refractivity contribution in [3.63, 3.8) is 0 Å². The van der Waals surface area contributed by atoms with E-state index in [2.05, 4.69) is 15.5 Å². The predicted octanol–water partition coefficient (Wildman–Crippen LogP) is 3.75. The monoisotopic (exact) mass is 360 g/mol. The topological polar surface area (TPSA) is 100 Å².